The summed E-state index contributed by atoms with van der Waals surface area (Å²) in [7, 11) is 3.95. The minimum atomic E-state index is 0. The van der Waals surface area contributed by atoms with E-state index in [1.54, 1.807) is 13.1 Å². The van der Waals surface area contributed by atoms with Gasteiger partial charge in [0.2, 0.25) is 0 Å². The quantitative estimate of drug-likeness (QED) is 0.225. The van der Waals surface area contributed by atoms with Gasteiger partial charge in [0, 0.05) is 62.6 Å². The molecule has 0 aliphatic carbocycles. The van der Waals surface area contributed by atoms with Crippen LogP contribution in [0.1, 0.15) is 17.5 Å². The lowest BCUT2D eigenvalue weighted by molar-refractivity contribution is 0.312. The first-order valence-electron chi connectivity index (χ1n) is 10.3. The number of nitrogens with zero attached hydrogens (tertiary/aromatic N) is 4. The Bertz CT molecular complexity index is 856. The Labute approximate surface area is 212 Å². The topological polar surface area (TPSA) is 55.8 Å². The maximum absolute atomic E-state index is 6.24. The van der Waals surface area contributed by atoms with E-state index in [1.165, 1.54) is 5.56 Å². The summed E-state index contributed by atoms with van der Waals surface area (Å²) < 4.78 is 0. The lowest BCUT2D eigenvalue weighted by Gasteiger charge is -2.33. The number of pyridine rings is 1. The normalized spacial score (nSPS) is 14.8. The van der Waals surface area contributed by atoms with Crippen molar-refractivity contribution in [3.63, 3.8) is 0 Å². The van der Waals surface area contributed by atoms with Crippen LogP contribution in [0.25, 0.3) is 0 Å². The molecule has 0 radical (unpaired) electrons. The smallest absolute Gasteiger partial charge is 0.191 e. The molecule has 31 heavy (non-hydrogen) atoms. The van der Waals surface area contributed by atoms with E-state index in [2.05, 4.69) is 43.5 Å². The Kier molecular flexibility index (Phi) is 11.1. The number of hydrogen-bond donors (Lipinski definition) is 2. The molecule has 0 bridgehead atoms. The van der Waals surface area contributed by atoms with Crippen LogP contribution in [0.3, 0.4) is 0 Å². The van der Waals surface area contributed by atoms with Gasteiger partial charge >= 0.3 is 0 Å². The number of rotatable bonds is 7. The average molecular weight is 577 g/mol. The van der Waals surface area contributed by atoms with Crippen LogP contribution in [0.4, 0.5) is 5.82 Å². The van der Waals surface area contributed by atoms with Crippen molar-refractivity contribution < 1.29 is 0 Å². The van der Waals surface area contributed by atoms with Gasteiger partial charge in [0.25, 0.3) is 0 Å². The molecule has 6 nitrogen and oxygen atoms in total. The molecule has 2 N–H and O–H groups in total. The van der Waals surface area contributed by atoms with Crippen molar-refractivity contribution in [2.24, 2.45) is 4.99 Å². The summed E-state index contributed by atoms with van der Waals surface area (Å²) in [6.07, 6.45) is 3.72. The van der Waals surface area contributed by atoms with E-state index in [0.717, 1.165) is 67.9 Å². The van der Waals surface area contributed by atoms with Gasteiger partial charge < -0.3 is 20.4 Å². The van der Waals surface area contributed by atoms with E-state index in [1.807, 2.05) is 24.4 Å². The number of hydrogen-bond acceptors (Lipinski definition) is 4. The number of halogens is 3. The van der Waals surface area contributed by atoms with Crippen LogP contribution in [0.15, 0.2) is 41.5 Å². The highest BCUT2D eigenvalue weighted by molar-refractivity contribution is 14.0. The first-order valence-corrected chi connectivity index (χ1v) is 11.1. The summed E-state index contributed by atoms with van der Waals surface area (Å²) in [5, 5.41) is 8.13. The molecular formula is C22H31Cl2IN6. The molecule has 1 fully saturated rings. The SMILES string of the molecule is CN=C(NCCCc1ccc(Cl)cc1Cl)NCc1ccnc(N2CCN(C)CC2)c1.I. The number of aliphatic imine (C=N–C) groups is 1. The summed E-state index contributed by atoms with van der Waals surface area (Å²) in [6, 6.07) is 9.86. The highest BCUT2D eigenvalue weighted by Gasteiger charge is 2.15. The van der Waals surface area contributed by atoms with Gasteiger partial charge in [0.1, 0.15) is 5.82 Å². The summed E-state index contributed by atoms with van der Waals surface area (Å²) in [6.45, 7) is 5.68. The highest BCUT2D eigenvalue weighted by atomic mass is 127. The molecule has 0 spiro atoms. The summed E-state index contributed by atoms with van der Waals surface area (Å²) in [5.74, 6) is 1.83. The van der Waals surface area contributed by atoms with Crippen molar-refractivity contribution in [1.29, 1.82) is 0 Å². The molecule has 1 aliphatic heterocycles. The molecule has 2 heterocycles. The largest absolute Gasteiger partial charge is 0.356 e. The zero-order valence-electron chi connectivity index (χ0n) is 18.1. The molecule has 0 unspecified atom stereocenters. The van der Waals surface area contributed by atoms with Gasteiger partial charge in [-0.1, -0.05) is 29.3 Å². The van der Waals surface area contributed by atoms with Gasteiger partial charge in [-0.2, -0.15) is 0 Å². The van der Waals surface area contributed by atoms with E-state index >= 15 is 0 Å². The van der Waals surface area contributed by atoms with Crippen LogP contribution in [0.5, 0.6) is 0 Å². The predicted octanol–water partition coefficient (Wildman–Crippen LogP) is 4.06. The standard InChI is InChI=1S/C22H30Cl2N6.HI/c1-25-22(27-8-3-4-18-5-6-19(23)15-20(18)24)28-16-17-7-9-26-21(14-17)30-12-10-29(2)11-13-30;/h5-7,9,14-15H,3-4,8,10-13,16H2,1-2H3,(H2,25,27,28);1H. The van der Waals surface area contributed by atoms with Crippen LogP contribution in [0, 0.1) is 0 Å². The molecule has 0 atom stereocenters. The number of benzene rings is 1. The zero-order valence-corrected chi connectivity index (χ0v) is 21.9. The Morgan fingerprint density at radius 1 is 1.10 bits per heavy atom. The van der Waals surface area contributed by atoms with Crippen LogP contribution in [0.2, 0.25) is 10.0 Å². The Morgan fingerprint density at radius 3 is 2.58 bits per heavy atom. The van der Waals surface area contributed by atoms with Gasteiger partial charge in [-0.05, 0) is 55.3 Å². The molecule has 1 aromatic heterocycles. The molecule has 1 saturated heterocycles. The number of piperazine rings is 1. The van der Waals surface area contributed by atoms with E-state index in [9.17, 15) is 0 Å². The summed E-state index contributed by atoms with van der Waals surface area (Å²) in [5.41, 5.74) is 2.30. The molecule has 1 aromatic carbocycles. The van der Waals surface area contributed by atoms with Gasteiger partial charge in [-0.3, -0.25) is 4.99 Å². The molecular weight excluding hydrogens is 546 g/mol. The van der Waals surface area contributed by atoms with Gasteiger partial charge in [-0.25, -0.2) is 4.98 Å². The Hall–Kier alpha value is -1.29. The van der Waals surface area contributed by atoms with E-state index in [-0.39, 0.29) is 24.0 Å². The third-order valence-corrected chi connectivity index (χ3v) is 5.84. The van der Waals surface area contributed by atoms with Crippen LogP contribution in [-0.2, 0) is 13.0 Å². The maximum Gasteiger partial charge on any atom is 0.191 e. The van der Waals surface area contributed by atoms with Crippen molar-refractivity contribution in [2.45, 2.75) is 19.4 Å². The third kappa shape index (κ3) is 8.29. The van der Waals surface area contributed by atoms with Crippen molar-refractivity contribution in [3.8, 4) is 0 Å². The van der Waals surface area contributed by atoms with Gasteiger partial charge in [-0.15, -0.1) is 24.0 Å². The van der Waals surface area contributed by atoms with Crippen molar-refractivity contribution in [3.05, 3.63) is 57.7 Å². The maximum atomic E-state index is 6.24. The van der Waals surface area contributed by atoms with Crippen molar-refractivity contribution in [2.75, 3.05) is 51.7 Å². The van der Waals surface area contributed by atoms with Crippen molar-refractivity contribution >= 4 is 59.0 Å². The molecule has 9 heteroatoms. The Morgan fingerprint density at radius 2 is 1.87 bits per heavy atom. The monoisotopic (exact) mass is 576 g/mol. The molecule has 170 valence electrons. The van der Waals surface area contributed by atoms with Gasteiger partial charge in [0.05, 0.1) is 0 Å². The molecule has 3 rings (SSSR count). The van der Waals surface area contributed by atoms with E-state index in [4.69, 9.17) is 23.2 Å². The highest BCUT2D eigenvalue weighted by Crippen LogP contribution is 2.21. The minimum Gasteiger partial charge on any atom is -0.356 e. The zero-order chi connectivity index (χ0) is 21.3. The average Bonchev–Trinajstić information content (AvgIpc) is 2.75. The number of anilines is 1. The fraction of sp³-hybridized carbons (Fsp3) is 0.455. The molecule has 0 amide bonds. The van der Waals surface area contributed by atoms with Crippen LogP contribution >= 0.6 is 47.2 Å². The number of aryl methyl sites for hydroxylation is 1. The summed E-state index contributed by atoms with van der Waals surface area (Å²) >= 11 is 12.2. The van der Waals surface area contributed by atoms with Gasteiger partial charge in [0.15, 0.2) is 5.96 Å². The second-order valence-corrected chi connectivity index (χ2v) is 8.35. The second kappa shape index (κ2) is 13.3. The third-order valence-electron chi connectivity index (χ3n) is 5.25. The minimum absolute atomic E-state index is 0. The predicted molar refractivity (Wildman–Crippen MR) is 142 cm³/mol. The fourth-order valence-corrected chi connectivity index (χ4v) is 3.90. The van der Waals surface area contributed by atoms with Crippen molar-refractivity contribution in [1.82, 2.24) is 20.5 Å². The lowest BCUT2D eigenvalue weighted by Crippen LogP contribution is -2.44. The molecule has 1 aliphatic rings. The molecule has 0 saturated carbocycles. The van der Waals surface area contributed by atoms with Crippen LogP contribution in [-0.4, -0.2) is 62.7 Å². The Balaban J connectivity index is 0.00000341. The second-order valence-electron chi connectivity index (χ2n) is 7.50. The fourth-order valence-electron chi connectivity index (χ4n) is 3.40. The van der Waals surface area contributed by atoms with E-state index < -0.39 is 0 Å². The molecule has 2 aromatic rings. The first-order chi connectivity index (χ1) is 14.5. The first kappa shape index (κ1) is 26.0. The number of guanidine groups is 1. The van der Waals surface area contributed by atoms with Crippen LogP contribution < -0.4 is 15.5 Å². The number of aromatic nitrogens is 1. The summed E-state index contributed by atoms with van der Waals surface area (Å²) in [4.78, 5) is 13.6. The number of likely N-dealkylation sites (N-methyl/N-ethyl adjacent to an activating group) is 1. The van der Waals surface area contributed by atoms with E-state index in [0.29, 0.717) is 11.6 Å². The number of nitrogens with one attached hydrogen (secondary N) is 2. The lowest BCUT2D eigenvalue weighted by atomic mass is 10.1.